The molecule has 0 aliphatic heterocycles. The molecule has 4 aromatic rings. The van der Waals surface area contributed by atoms with Crippen molar-refractivity contribution < 1.29 is 13.5 Å². The number of aromatic nitrogens is 3. The Kier molecular flexibility index (Phi) is 3.00. The quantitative estimate of drug-likeness (QED) is 0.607. The summed E-state index contributed by atoms with van der Waals surface area (Å²) < 4.78 is 29.9. The zero-order valence-corrected chi connectivity index (χ0v) is 11.9. The van der Waals surface area contributed by atoms with Crippen LogP contribution < -0.4 is 4.74 Å². The Morgan fingerprint density at radius 3 is 2.95 bits per heavy atom. The van der Waals surface area contributed by atoms with Gasteiger partial charge in [0.25, 0.3) is 0 Å². The number of nitrogens with zero attached hydrogens (tertiary/aromatic N) is 2. The summed E-state index contributed by atoms with van der Waals surface area (Å²) in [5.74, 6) is -0.101. The Morgan fingerprint density at radius 2 is 2.14 bits per heavy atom. The predicted molar refractivity (Wildman–Crippen MR) is 81.3 cm³/mol. The maximum absolute atomic E-state index is 12.2. The maximum Gasteiger partial charge on any atom is 0.388 e. The monoisotopic (exact) mass is 317 g/mol. The minimum Gasteiger partial charge on any atom is -0.417 e. The maximum atomic E-state index is 12.2. The van der Waals surface area contributed by atoms with Crippen LogP contribution in [0.3, 0.4) is 0 Å². The topological polar surface area (TPSA) is 50.8 Å². The molecule has 0 saturated heterocycles. The third-order valence-corrected chi connectivity index (χ3v) is 4.43. The van der Waals surface area contributed by atoms with Crippen LogP contribution in [0, 0.1) is 0 Å². The molecular formula is C15H9F2N3OS. The summed E-state index contributed by atoms with van der Waals surface area (Å²) in [4.78, 5) is 12.2. The number of thiophene rings is 1. The second-order valence-corrected chi connectivity index (χ2v) is 5.73. The molecule has 0 aromatic carbocycles. The van der Waals surface area contributed by atoms with E-state index in [1.807, 2.05) is 18.5 Å². The molecule has 4 nitrogen and oxygen atoms in total. The zero-order valence-electron chi connectivity index (χ0n) is 11.1. The van der Waals surface area contributed by atoms with Crippen LogP contribution in [0.15, 0.2) is 42.9 Å². The van der Waals surface area contributed by atoms with Crippen LogP contribution in [-0.4, -0.2) is 21.6 Å². The first-order valence-electron chi connectivity index (χ1n) is 6.47. The lowest BCUT2D eigenvalue weighted by atomic mass is 10.2. The van der Waals surface area contributed by atoms with Crippen LogP contribution in [0.5, 0.6) is 5.88 Å². The molecule has 110 valence electrons. The van der Waals surface area contributed by atoms with E-state index < -0.39 is 6.61 Å². The number of aromatic amines is 1. The van der Waals surface area contributed by atoms with Crippen LogP contribution in [0.4, 0.5) is 8.78 Å². The van der Waals surface area contributed by atoms with E-state index in [1.54, 1.807) is 23.6 Å². The standard InChI is InChI=1S/C15H9F2N3OS/c16-15(17)21-13-2-1-9-10(6-19-14(9)20-13)11-5-8-3-4-18-7-12(8)22-11/h1-7,15H,(H,19,20). The van der Waals surface area contributed by atoms with Gasteiger partial charge >= 0.3 is 6.61 Å². The molecule has 0 bridgehead atoms. The van der Waals surface area contributed by atoms with Crippen molar-refractivity contribution in [3.8, 4) is 16.3 Å². The van der Waals surface area contributed by atoms with Gasteiger partial charge in [0.2, 0.25) is 5.88 Å². The highest BCUT2D eigenvalue weighted by Crippen LogP contribution is 2.36. The molecule has 0 aliphatic carbocycles. The molecule has 0 atom stereocenters. The van der Waals surface area contributed by atoms with Gasteiger partial charge in [-0.2, -0.15) is 13.8 Å². The number of rotatable bonds is 3. The van der Waals surface area contributed by atoms with E-state index >= 15 is 0 Å². The fraction of sp³-hybridized carbons (Fsp3) is 0.0667. The van der Waals surface area contributed by atoms with Gasteiger partial charge < -0.3 is 9.72 Å². The van der Waals surface area contributed by atoms with Crippen molar-refractivity contribution in [3.05, 3.63) is 42.9 Å². The first-order chi connectivity index (χ1) is 10.7. The Hall–Kier alpha value is -2.54. The molecule has 0 unspecified atom stereocenters. The average molecular weight is 317 g/mol. The minimum atomic E-state index is -2.88. The summed E-state index contributed by atoms with van der Waals surface area (Å²) >= 11 is 1.62. The minimum absolute atomic E-state index is 0.101. The van der Waals surface area contributed by atoms with E-state index in [1.165, 1.54) is 6.07 Å². The number of hydrogen-bond acceptors (Lipinski definition) is 4. The van der Waals surface area contributed by atoms with E-state index in [9.17, 15) is 8.78 Å². The highest BCUT2D eigenvalue weighted by molar-refractivity contribution is 7.22. The average Bonchev–Trinajstić information content (AvgIpc) is 3.09. The number of halogens is 2. The van der Waals surface area contributed by atoms with Crippen LogP contribution in [-0.2, 0) is 0 Å². The third-order valence-electron chi connectivity index (χ3n) is 3.31. The van der Waals surface area contributed by atoms with Gasteiger partial charge in [0.1, 0.15) is 5.65 Å². The lowest BCUT2D eigenvalue weighted by Gasteiger charge is -2.02. The second kappa shape index (κ2) is 5.03. The molecule has 4 heterocycles. The van der Waals surface area contributed by atoms with Crippen molar-refractivity contribution in [2.24, 2.45) is 0 Å². The number of ether oxygens (including phenoxy) is 1. The lowest BCUT2D eigenvalue weighted by molar-refractivity contribution is -0.0526. The first kappa shape index (κ1) is 13.1. The molecule has 7 heteroatoms. The molecule has 0 radical (unpaired) electrons. The first-order valence-corrected chi connectivity index (χ1v) is 7.29. The molecule has 0 aliphatic rings. The Bertz CT molecular complexity index is 931. The number of fused-ring (bicyclic) bond motifs is 2. The van der Waals surface area contributed by atoms with E-state index in [0.29, 0.717) is 5.65 Å². The van der Waals surface area contributed by atoms with E-state index in [2.05, 4.69) is 25.8 Å². The molecule has 0 saturated carbocycles. The fourth-order valence-electron chi connectivity index (χ4n) is 2.36. The van der Waals surface area contributed by atoms with Gasteiger partial charge in [-0.3, -0.25) is 4.98 Å². The highest BCUT2D eigenvalue weighted by Gasteiger charge is 2.12. The van der Waals surface area contributed by atoms with E-state index in [4.69, 9.17) is 0 Å². The molecule has 4 rings (SSSR count). The smallest absolute Gasteiger partial charge is 0.388 e. The fourth-order valence-corrected chi connectivity index (χ4v) is 3.42. The Balaban J connectivity index is 1.81. The third kappa shape index (κ3) is 2.19. The van der Waals surface area contributed by atoms with Crippen molar-refractivity contribution in [3.63, 3.8) is 0 Å². The van der Waals surface area contributed by atoms with Gasteiger partial charge in [0, 0.05) is 40.5 Å². The summed E-state index contributed by atoms with van der Waals surface area (Å²) in [6.45, 7) is -2.88. The van der Waals surface area contributed by atoms with Gasteiger partial charge in [0.15, 0.2) is 0 Å². The summed E-state index contributed by atoms with van der Waals surface area (Å²) in [5.41, 5.74) is 1.50. The van der Waals surface area contributed by atoms with Crippen LogP contribution >= 0.6 is 11.3 Å². The van der Waals surface area contributed by atoms with E-state index in [-0.39, 0.29) is 5.88 Å². The van der Waals surface area contributed by atoms with E-state index in [0.717, 1.165) is 25.9 Å². The molecule has 4 aromatic heterocycles. The summed E-state index contributed by atoms with van der Waals surface area (Å²) in [6, 6.07) is 7.21. The normalized spacial score (nSPS) is 11.6. The highest BCUT2D eigenvalue weighted by atomic mass is 32.1. The van der Waals surface area contributed by atoms with Crippen molar-refractivity contribution >= 4 is 32.5 Å². The van der Waals surface area contributed by atoms with Gasteiger partial charge in [-0.05, 0) is 23.6 Å². The van der Waals surface area contributed by atoms with Gasteiger partial charge in [-0.1, -0.05) is 0 Å². The molecule has 1 N–H and O–H groups in total. The SMILES string of the molecule is FC(F)Oc1ccc2c(-c3cc4ccncc4s3)c[nH]c2n1. The lowest BCUT2D eigenvalue weighted by Crippen LogP contribution is -2.03. The Labute approximate surface area is 127 Å². The molecule has 0 spiro atoms. The van der Waals surface area contributed by atoms with Crippen LogP contribution in [0.2, 0.25) is 0 Å². The molecule has 0 fully saturated rings. The molecule has 22 heavy (non-hydrogen) atoms. The zero-order chi connectivity index (χ0) is 15.1. The summed E-state index contributed by atoms with van der Waals surface area (Å²) in [5, 5.41) is 1.98. The number of nitrogens with one attached hydrogen (secondary N) is 1. The Morgan fingerprint density at radius 1 is 1.23 bits per heavy atom. The van der Waals surface area contributed by atoms with Gasteiger partial charge in [-0.15, -0.1) is 11.3 Å². The van der Waals surface area contributed by atoms with Crippen molar-refractivity contribution in [2.45, 2.75) is 6.61 Å². The number of pyridine rings is 2. The summed E-state index contributed by atoms with van der Waals surface area (Å²) in [7, 11) is 0. The number of hydrogen-bond donors (Lipinski definition) is 1. The molecular weight excluding hydrogens is 308 g/mol. The number of alkyl halides is 2. The van der Waals surface area contributed by atoms with Crippen molar-refractivity contribution in [1.29, 1.82) is 0 Å². The summed E-state index contributed by atoms with van der Waals surface area (Å²) in [6.07, 6.45) is 5.40. The largest absolute Gasteiger partial charge is 0.417 e. The van der Waals surface area contributed by atoms with Crippen molar-refractivity contribution in [2.75, 3.05) is 0 Å². The van der Waals surface area contributed by atoms with Crippen molar-refractivity contribution in [1.82, 2.24) is 15.0 Å². The predicted octanol–water partition coefficient (Wildman–Crippen LogP) is 4.44. The van der Waals surface area contributed by atoms with Gasteiger partial charge in [-0.25, -0.2) is 0 Å². The number of H-pyrrole nitrogens is 1. The molecule has 0 amide bonds. The van der Waals surface area contributed by atoms with Crippen LogP contribution in [0.1, 0.15) is 0 Å². The van der Waals surface area contributed by atoms with Crippen LogP contribution in [0.25, 0.3) is 31.6 Å². The second-order valence-electron chi connectivity index (χ2n) is 4.65. The van der Waals surface area contributed by atoms with Gasteiger partial charge in [0.05, 0.1) is 4.70 Å².